The van der Waals surface area contributed by atoms with E-state index in [1.54, 1.807) is 6.20 Å². The van der Waals surface area contributed by atoms with Crippen molar-refractivity contribution >= 4 is 27.9 Å². The summed E-state index contributed by atoms with van der Waals surface area (Å²) in [6.07, 6.45) is 3.48. The van der Waals surface area contributed by atoms with Crippen LogP contribution in [0.2, 0.25) is 0 Å². The highest BCUT2D eigenvalue weighted by Crippen LogP contribution is 2.33. The van der Waals surface area contributed by atoms with E-state index < -0.39 is 22.8 Å². The number of aliphatic carboxylic acids is 1. The molecule has 4 rings (SSSR count). The molecule has 0 fully saturated rings. The smallest absolute Gasteiger partial charge is 0.307 e. The van der Waals surface area contributed by atoms with Gasteiger partial charge in [-0.3, -0.25) is 9.78 Å². The molecule has 2 heterocycles. The Bertz CT molecular complexity index is 1520. The predicted octanol–water partition coefficient (Wildman–Crippen LogP) is 6.18. The molecular formula is C30H34FN3O4S. The zero-order valence-electron chi connectivity index (χ0n) is 22.8. The molecule has 1 atom stereocenters. The Morgan fingerprint density at radius 3 is 2.62 bits per heavy atom. The number of carbonyl (C=O) groups is 1. The summed E-state index contributed by atoms with van der Waals surface area (Å²) in [5.74, 6) is -1.23. The second-order valence-corrected chi connectivity index (χ2v) is 12.8. The number of carboxylic acids is 1. The van der Waals surface area contributed by atoms with Gasteiger partial charge in [-0.1, -0.05) is 0 Å². The van der Waals surface area contributed by atoms with Crippen LogP contribution < -0.4 is 9.46 Å². The summed E-state index contributed by atoms with van der Waals surface area (Å²) in [5.41, 5.74) is 4.94. The first kappa shape index (κ1) is 28.4. The number of benzene rings is 2. The molecule has 0 amide bonds. The summed E-state index contributed by atoms with van der Waals surface area (Å²) in [6, 6.07) is 14.3. The highest BCUT2D eigenvalue weighted by Gasteiger charge is 2.19. The van der Waals surface area contributed by atoms with Crippen molar-refractivity contribution in [2.75, 3.05) is 0 Å². The molecule has 1 unspecified atom stereocenters. The molecule has 7 nitrogen and oxygen atoms in total. The molecule has 0 aliphatic heterocycles. The summed E-state index contributed by atoms with van der Waals surface area (Å²) in [6.45, 7) is 10.5. The summed E-state index contributed by atoms with van der Waals surface area (Å²) >= 11 is 0. The Hall–Kier alpha value is -3.56. The van der Waals surface area contributed by atoms with Gasteiger partial charge in [0.15, 0.2) is 0 Å². The van der Waals surface area contributed by atoms with Crippen LogP contribution in [0.3, 0.4) is 0 Å². The average Bonchev–Trinajstić information content (AvgIpc) is 3.30. The molecule has 2 N–H and O–H groups in total. The second kappa shape index (κ2) is 11.7. The summed E-state index contributed by atoms with van der Waals surface area (Å²) in [5, 5.41) is 10.3. The first-order chi connectivity index (χ1) is 18.4. The molecule has 0 radical (unpaired) electrons. The number of hydrogen-bond donors (Lipinski definition) is 2. The van der Waals surface area contributed by atoms with E-state index in [4.69, 9.17) is 4.74 Å². The molecule has 39 heavy (non-hydrogen) atoms. The zero-order valence-corrected chi connectivity index (χ0v) is 23.6. The summed E-state index contributed by atoms with van der Waals surface area (Å²) < 4.78 is 37.1. The van der Waals surface area contributed by atoms with Crippen LogP contribution in [0.5, 0.6) is 5.75 Å². The van der Waals surface area contributed by atoms with Gasteiger partial charge in [0.05, 0.1) is 34.4 Å². The Balaban J connectivity index is 1.69. The monoisotopic (exact) mass is 551 g/mol. The van der Waals surface area contributed by atoms with Gasteiger partial charge in [0.25, 0.3) is 0 Å². The topological polar surface area (TPSA) is 93.5 Å². The van der Waals surface area contributed by atoms with E-state index in [2.05, 4.69) is 46.5 Å². The van der Waals surface area contributed by atoms with E-state index in [9.17, 15) is 18.5 Å². The van der Waals surface area contributed by atoms with E-state index >= 15 is 0 Å². The Morgan fingerprint density at radius 1 is 1.15 bits per heavy atom. The number of nitrogens with one attached hydrogen (secondary N) is 1. The van der Waals surface area contributed by atoms with Crippen LogP contribution in [0.4, 0.5) is 4.39 Å². The van der Waals surface area contributed by atoms with Crippen molar-refractivity contribution < 1.29 is 23.2 Å². The number of nitrogens with zero attached hydrogens (tertiary/aromatic N) is 2. The molecule has 4 aromatic rings. The van der Waals surface area contributed by atoms with Crippen LogP contribution in [-0.4, -0.2) is 29.6 Å². The van der Waals surface area contributed by atoms with Gasteiger partial charge in [0.1, 0.15) is 18.2 Å². The molecule has 0 bridgehead atoms. The fourth-order valence-electron chi connectivity index (χ4n) is 4.34. The molecule has 0 aliphatic carbocycles. The molecule has 2 aromatic carbocycles. The molecular weight excluding hydrogens is 517 g/mol. The van der Waals surface area contributed by atoms with Crippen molar-refractivity contribution in [3.05, 3.63) is 83.6 Å². The van der Waals surface area contributed by atoms with Crippen LogP contribution in [-0.2, 0) is 35.4 Å². The average molecular weight is 552 g/mol. The maximum atomic E-state index is 13.8. The molecule has 2 aromatic heterocycles. The fraction of sp³-hybridized carbons (Fsp3) is 0.333. The zero-order chi connectivity index (χ0) is 28.3. The van der Waals surface area contributed by atoms with Crippen LogP contribution in [0, 0.1) is 5.82 Å². The van der Waals surface area contributed by atoms with Crippen LogP contribution in [0.15, 0.2) is 60.9 Å². The van der Waals surface area contributed by atoms with E-state index in [0.717, 1.165) is 33.3 Å². The highest BCUT2D eigenvalue weighted by molar-refractivity contribution is 7.84. The third-order valence-electron chi connectivity index (χ3n) is 6.28. The first-order valence-corrected chi connectivity index (χ1v) is 13.9. The Morgan fingerprint density at radius 2 is 1.92 bits per heavy atom. The largest absolute Gasteiger partial charge is 0.489 e. The van der Waals surface area contributed by atoms with Gasteiger partial charge in [0, 0.05) is 34.9 Å². The van der Waals surface area contributed by atoms with E-state index in [1.165, 1.54) is 18.2 Å². The van der Waals surface area contributed by atoms with Gasteiger partial charge in [-0.2, -0.15) is 0 Å². The lowest BCUT2D eigenvalue weighted by molar-refractivity contribution is -0.136. The van der Waals surface area contributed by atoms with Crippen LogP contribution >= 0.6 is 0 Å². The molecule has 0 spiro atoms. The minimum Gasteiger partial charge on any atom is -0.489 e. The van der Waals surface area contributed by atoms with E-state index in [0.29, 0.717) is 12.3 Å². The maximum absolute atomic E-state index is 13.8. The SMILES string of the molecule is CC(C)n1ccc2c(-c3ccnc(CNS(=O)C(C)(C)C)c3)cc(COc3ccc(F)cc3CC(=O)O)cc21. The normalized spacial score (nSPS) is 12.7. The molecule has 9 heteroatoms. The van der Waals surface area contributed by atoms with Crippen LogP contribution in [0.1, 0.15) is 57.5 Å². The number of rotatable bonds is 10. The van der Waals surface area contributed by atoms with Gasteiger partial charge in [-0.05, 0) is 99.8 Å². The van der Waals surface area contributed by atoms with Crippen molar-refractivity contribution in [3.63, 3.8) is 0 Å². The van der Waals surface area contributed by atoms with Gasteiger partial charge in [-0.15, -0.1) is 0 Å². The van der Waals surface area contributed by atoms with Crippen molar-refractivity contribution in [2.45, 2.75) is 65.0 Å². The highest BCUT2D eigenvalue weighted by atomic mass is 32.2. The molecule has 0 saturated carbocycles. The number of halogens is 1. The lowest BCUT2D eigenvalue weighted by Crippen LogP contribution is -2.33. The van der Waals surface area contributed by atoms with E-state index in [-0.39, 0.29) is 29.4 Å². The van der Waals surface area contributed by atoms with Crippen molar-refractivity contribution in [3.8, 4) is 16.9 Å². The summed E-state index contributed by atoms with van der Waals surface area (Å²) in [4.78, 5) is 15.7. The van der Waals surface area contributed by atoms with Gasteiger partial charge in [-0.25, -0.2) is 13.3 Å². The first-order valence-electron chi connectivity index (χ1n) is 12.8. The number of hydrogen-bond acceptors (Lipinski definition) is 4. The Labute approximate surface area is 230 Å². The van der Waals surface area contributed by atoms with Gasteiger partial charge < -0.3 is 14.4 Å². The minimum atomic E-state index is -1.22. The van der Waals surface area contributed by atoms with Gasteiger partial charge >= 0.3 is 5.97 Å². The Kier molecular flexibility index (Phi) is 8.51. The quantitative estimate of drug-likeness (QED) is 0.245. The fourth-order valence-corrected chi connectivity index (χ4v) is 5.05. The molecule has 0 saturated heterocycles. The number of pyridine rings is 1. The lowest BCUT2D eigenvalue weighted by atomic mass is 9.99. The number of aromatic nitrogens is 2. The standard InChI is InChI=1S/C30H34FN3O4S/c1-19(2)34-11-9-25-26(21-8-10-32-24(15-21)17-33-39(37)30(3,4)5)12-20(13-27(25)34)18-38-28-7-6-23(31)14-22(28)16-29(35)36/h6-15,19,33H,16-18H2,1-5H3,(H,35,36). The number of fused-ring (bicyclic) bond motifs is 1. The molecule has 0 aliphatic rings. The molecule has 206 valence electrons. The number of ether oxygens (including phenoxy) is 1. The van der Waals surface area contributed by atoms with Gasteiger partial charge in [0.2, 0.25) is 0 Å². The van der Waals surface area contributed by atoms with Crippen molar-refractivity contribution in [2.24, 2.45) is 0 Å². The lowest BCUT2D eigenvalue weighted by Gasteiger charge is -2.18. The van der Waals surface area contributed by atoms with E-state index in [1.807, 2.05) is 39.0 Å². The predicted molar refractivity (Wildman–Crippen MR) is 152 cm³/mol. The minimum absolute atomic E-state index is 0.175. The third-order valence-corrected chi connectivity index (χ3v) is 7.80. The summed E-state index contributed by atoms with van der Waals surface area (Å²) in [7, 11) is -1.22. The third kappa shape index (κ3) is 6.91. The van der Waals surface area contributed by atoms with Crippen molar-refractivity contribution in [1.82, 2.24) is 14.3 Å². The van der Waals surface area contributed by atoms with Crippen molar-refractivity contribution in [1.29, 1.82) is 0 Å². The maximum Gasteiger partial charge on any atom is 0.307 e. The second-order valence-electron chi connectivity index (χ2n) is 10.7. The number of carboxylic acid groups (broad SMARTS) is 1. The van der Waals surface area contributed by atoms with Crippen LogP contribution in [0.25, 0.3) is 22.0 Å².